The number of ether oxygens (including phenoxy) is 1. The number of hydrogen-bond donors (Lipinski definition) is 1. The Bertz CT molecular complexity index is 848. The van der Waals surface area contributed by atoms with Gasteiger partial charge in [0.1, 0.15) is 10.8 Å². The number of amides is 2. The van der Waals surface area contributed by atoms with Crippen LogP contribution in [0.15, 0.2) is 31.1 Å². The molecule has 0 aliphatic carbocycles. The van der Waals surface area contributed by atoms with Gasteiger partial charge in [-0.1, -0.05) is 26.5 Å². The van der Waals surface area contributed by atoms with Gasteiger partial charge in [0.2, 0.25) is 0 Å². The Morgan fingerprint density at radius 1 is 1.39 bits per heavy atom. The zero-order chi connectivity index (χ0) is 20.3. The van der Waals surface area contributed by atoms with Crippen molar-refractivity contribution < 1.29 is 14.6 Å². The lowest BCUT2D eigenvalue weighted by Gasteiger charge is -2.35. The number of hydrogen-bond acceptors (Lipinski definition) is 5. The van der Waals surface area contributed by atoms with E-state index in [1.54, 1.807) is 29.5 Å². The fourth-order valence-corrected chi connectivity index (χ4v) is 4.47. The number of carbonyl (C=O) groups excluding carboxylic acids is 1. The highest BCUT2D eigenvalue weighted by Gasteiger charge is 2.37. The minimum Gasteiger partial charge on any atom is -0.492 e. The van der Waals surface area contributed by atoms with Crippen molar-refractivity contribution in [3.63, 3.8) is 0 Å². The Morgan fingerprint density at radius 2 is 2.18 bits per heavy atom. The third-order valence-electron chi connectivity index (χ3n) is 4.55. The fourth-order valence-electron chi connectivity index (χ4n) is 3.17. The van der Waals surface area contributed by atoms with Gasteiger partial charge in [0.15, 0.2) is 0 Å². The number of fused-ring (bicyclic) bond motifs is 1. The summed E-state index contributed by atoms with van der Waals surface area (Å²) in [7, 11) is 1.75. The summed E-state index contributed by atoms with van der Waals surface area (Å²) in [5.41, 5.74) is 2.60. The minimum absolute atomic E-state index is 0.0673. The molecular weight excluding hydrogens is 374 g/mol. The zero-order valence-corrected chi connectivity index (χ0v) is 17.5. The highest BCUT2D eigenvalue weighted by Crippen LogP contribution is 2.49. The molecule has 0 spiro atoms. The highest BCUT2D eigenvalue weighted by molar-refractivity contribution is 7.17. The number of rotatable bonds is 8. The second-order valence-electron chi connectivity index (χ2n) is 7.29. The second kappa shape index (κ2) is 8.75. The van der Waals surface area contributed by atoms with Crippen molar-refractivity contribution in [1.29, 1.82) is 0 Å². The Labute approximate surface area is 170 Å². The molecule has 6 nitrogen and oxygen atoms in total. The summed E-state index contributed by atoms with van der Waals surface area (Å²) in [5, 5.41) is 10.0. The molecule has 0 fully saturated rings. The summed E-state index contributed by atoms with van der Waals surface area (Å²) >= 11 is 1.58. The van der Waals surface area contributed by atoms with E-state index in [1.807, 2.05) is 23.2 Å². The van der Waals surface area contributed by atoms with E-state index in [1.165, 1.54) is 0 Å². The standard InChI is InChI=1S/C21H27N3O3S/c1-14(2)13-24-20-18(15(3)23(4)21(24)26)19(27-10-6-9-25)17(28-20)11-16-7-5-8-22-12-16/h5,7-8,12,14,25H,3,6,9-11,13H2,1-2,4H3. The van der Waals surface area contributed by atoms with Crippen LogP contribution in [0.25, 0.3) is 5.70 Å². The molecule has 2 amide bonds. The minimum atomic E-state index is -0.0673. The molecule has 0 aromatic carbocycles. The first-order valence-corrected chi connectivity index (χ1v) is 10.3. The van der Waals surface area contributed by atoms with E-state index in [4.69, 9.17) is 9.84 Å². The smallest absolute Gasteiger partial charge is 0.329 e. The SMILES string of the molecule is C=C1c2c(sc(Cc3cccnc3)c2OCCCO)N(CC(C)C)C(=O)N1C. The maximum Gasteiger partial charge on any atom is 0.329 e. The average molecular weight is 402 g/mol. The van der Waals surface area contributed by atoms with Crippen LogP contribution in [-0.2, 0) is 6.42 Å². The van der Waals surface area contributed by atoms with Gasteiger partial charge in [-0.2, -0.15) is 0 Å². The average Bonchev–Trinajstić information content (AvgIpc) is 3.02. The highest BCUT2D eigenvalue weighted by atomic mass is 32.1. The summed E-state index contributed by atoms with van der Waals surface area (Å²) < 4.78 is 6.10. The molecule has 1 N–H and O–H groups in total. The second-order valence-corrected chi connectivity index (χ2v) is 8.37. The topological polar surface area (TPSA) is 65.9 Å². The molecule has 3 rings (SSSR count). The van der Waals surface area contributed by atoms with Gasteiger partial charge < -0.3 is 9.84 Å². The van der Waals surface area contributed by atoms with Gasteiger partial charge in [0.25, 0.3) is 0 Å². The monoisotopic (exact) mass is 401 g/mol. The van der Waals surface area contributed by atoms with E-state index in [9.17, 15) is 4.79 Å². The van der Waals surface area contributed by atoms with E-state index in [2.05, 4.69) is 25.4 Å². The molecule has 0 radical (unpaired) electrons. The lowest BCUT2D eigenvalue weighted by molar-refractivity contribution is 0.227. The summed E-state index contributed by atoms with van der Waals surface area (Å²) in [6.07, 6.45) is 4.81. The lowest BCUT2D eigenvalue weighted by Crippen LogP contribution is -2.45. The molecule has 3 heterocycles. The van der Waals surface area contributed by atoms with Crippen molar-refractivity contribution >= 4 is 28.1 Å². The molecule has 0 atom stereocenters. The van der Waals surface area contributed by atoms with Crippen molar-refractivity contribution in [2.45, 2.75) is 26.7 Å². The first kappa shape index (κ1) is 20.4. The fraction of sp³-hybridized carbons (Fsp3) is 0.429. The maximum atomic E-state index is 12.9. The molecule has 150 valence electrons. The number of pyridine rings is 1. The molecule has 2 aromatic heterocycles. The molecule has 0 unspecified atom stereocenters. The Hall–Kier alpha value is -2.38. The lowest BCUT2D eigenvalue weighted by atomic mass is 10.1. The van der Waals surface area contributed by atoms with E-state index in [-0.39, 0.29) is 12.6 Å². The predicted molar refractivity (Wildman–Crippen MR) is 113 cm³/mol. The van der Waals surface area contributed by atoms with Gasteiger partial charge >= 0.3 is 6.03 Å². The number of aliphatic hydroxyl groups is 1. The van der Waals surface area contributed by atoms with Crippen molar-refractivity contribution in [2.75, 3.05) is 31.7 Å². The molecule has 2 aromatic rings. The number of urea groups is 1. The van der Waals surface area contributed by atoms with Gasteiger partial charge in [0.05, 0.1) is 22.7 Å². The molecule has 0 saturated heterocycles. The van der Waals surface area contributed by atoms with Crippen LogP contribution in [0.5, 0.6) is 5.75 Å². The van der Waals surface area contributed by atoms with Gasteiger partial charge in [-0.05, 0) is 17.5 Å². The van der Waals surface area contributed by atoms with E-state index in [0.29, 0.717) is 37.6 Å². The molecular formula is C21H27N3O3S. The third-order valence-corrected chi connectivity index (χ3v) is 5.75. The third kappa shape index (κ3) is 4.05. The molecule has 1 aliphatic rings. The van der Waals surface area contributed by atoms with Crippen LogP contribution in [0, 0.1) is 5.92 Å². The van der Waals surface area contributed by atoms with E-state index in [0.717, 1.165) is 26.8 Å². The predicted octanol–water partition coefficient (Wildman–Crippen LogP) is 3.99. The van der Waals surface area contributed by atoms with Crippen molar-refractivity contribution in [1.82, 2.24) is 9.88 Å². The van der Waals surface area contributed by atoms with Crippen LogP contribution < -0.4 is 9.64 Å². The van der Waals surface area contributed by atoms with Crippen LogP contribution in [-0.4, -0.2) is 47.8 Å². The molecule has 7 heteroatoms. The normalized spacial score (nSPS) is 14.0. The molecule has 0 saturated carbocycles. The number of thiophene rings is 1. The number of carbonyl (C=O) groups is 1. The van der Waals surface area contributed by atoms with Gasteiger partial charge in [-0.3, -0.25) is 14.8 Å². The van der Waals surface area contributed by atoms with Crippen LogP contribution in [0.2, 0.25) is 0 Å². The zero-order valence-electron chi connectivity index (χ0n) is 16.6. The van der Waals surface area contributed by atoms with E-state index < -0.39 is 0 Å². The van der Waals surface area contributed by atoms with Gasteiger partial charge in [0, 0.05) is 45.4 Å². The largest absolute Gasteiger partial charge is 0.492 e. The van der Waals surface area contributed by atoms with Crippen LogP contribution in [0.4, 0.5) is 9.80 Å². The maximum absolute atomic E-state index is 12.9. The van der Waals surface area contributed by atoms with Crippen molar-refractivity contribution in [3.05, 3.63) is 47.1 Å². The number of nitrogens with zero attached hydrogens (tertiary/aromatic N) is 3. The first-order chi connectivity index (χ1) is 13.4. The van der Waals surface area contributed by atoms with Crippen molar-refractivity contribution in [3.8, 4) is 5.75 Å². The number of aromatic nitrogens is 1. The number of anilines is 1. The molecule has 0 bridgehead atoms. The van der Waals surface area contributed by atoms with Crippen LogP contribution in [0.1, 0.15) is 36.3 Å². The Morgan fingerprint density at radius 3 is 2.82 bits per heavy atom. The van der Waals surface area contributed by atoms with Gasteiger partial charge in [-0.15, -0.1) is 11.3 Å². The number of aliphatic hydroxyl groups excluding tert-OH is 1. The summed E-state index contributed by atoms with van der Waals surface area (Å²) in [5.74, 6) is 1.09. The summed E-state index contributed by atoms with van der Waals surface area (Å²) in [4.78, 5) is 21.5. The van der Waals surface area contributed by atoms with Crippen molar-refractivity contribution in [2.24, 2.45) is 5.92 Å². The van der Waals surface area contributed by atoms with Crippen LogP contribution >= 0.6 is 11.3 Å². The van der Waals surface area contributed by atoms with Gasteiger partial charge in [-0.25, -0.2) is 4.79 Å². The molecule has 28 heavy (non-hydrogen) atoms. The molecule has 1 aliphatic heterocycles. The Balaban J connectivity index is 2.07. The summed E-state index contributed by atoms with van der Waals surface area (Å²) in [6, 6.07) is 3.87. The quantitative estimate of drug-likeness (QED) is 0.679. The summed E-state index contributed by atoms with van der Waals surface area (Å²) in [6.45, 7) is 9.46. The van der Waals surface area contributed by atoms with Crippen LogP contribution in [0.3, 0.4) is 0 Å². The Kier molecular flexibility index (Phi) is 6.36. The first-order valence-electron chi connectivity index (χ1n) is 9.46. The van der Waals surface area contributed by atoms with E-state index >= 15 is 0 Å².